The molecule has 1 saturated heterocycles. The van der Waals surface area contributed by atoms with Gasteiger partial charge in [-0.1, -0.05) is 11.6 Å². The average molecular weight is 608 g/mol. The Kier molecular flexibility index (Phi) is 8.50. The molecular formula is C27H31ClFN5O6S. The van der Waals surface area contributed by atoms with Gasteiger partial charge in [-0.3, -0.25) is 9.52 Å². The maximum atomic E-state index is 15.2. The van der Waals surface area contributed by atoms with Crippen LogP contribution in [0.1, 0.15) is 37.6 Å². The summed E-state index contributed by atoms with van der Waals surface area (Å²) in [5.74, 6) is -0.950. The Bertz CT molecular complexity index is 1590. The first-order chi connectivity index (χ1) is 19.1. The lowest BCUT2D eigenvalue weighted by Gasteiger charge is -2.24. The summed E-state index contributed by atoms with van der Waals surface area (Å²) in [6.07, 6.45) is 3.71. The third-order valence-corrected chi connectivity index (χ3v) is 6.71. The van der Waals surface area contributed by atoms with E-state index in [2.05, 4.69) is 15.0 Å². The number of pyridine rings is 1. The highest BCUT2D eigenvalue weighted by atomic mass is 35.5. The molecule has 2 N–H and O–H groups in total. The summed E-state index contributed by atoms with van der Waals surface area (Å²) < 4.78 is 53.4. The molecule has 0 bridgehead atoms. The summed E-state index contributed by atoms with van der Waals surface area (Å²) in [4.78, 5) is 31.0. The van der Waals surface area contributed by atoms with E-state index < -0.39 is 33.4 Å². The molecule has 1 aliphatic rings. The summed E-state index contributed by atoms with van der Waals surface area (Å²) in [7, 11) is -1.90. The van der Waals surface area contributed by atoms with Crippen molar-refractivity contribution < 1.29 is 31.9 Å². The molecular weight excluding hydrogens is 577 g/mol. The van der Waals surface area contributed by atoms with E-state index in [1.807, 2.05) is 0 Å². The molecule has 3 aromatic rings. The van der Waals surface area contributed by atoms with Crippen LogP contribution < -0.4 is 14.8 Å². The fourth-order valence-corrected chi connectivity index (χ4v) is 5.03. The van der Waals surface area contributed by atoms with E-state index in [1.165, 1.54) is 42.7 Å². The van der Waals surface area contributed by atoms with Gasteiger partial charge in [-0.05, 0) is 45.0 Å². The number of likely N-dealkylation sites (tertiary alicyclic amines) is 1. The van der Waals surface area contributed by atoms with Crippen LogP contribution in [0.5, 0.6) is 5.75 Å². The first-order valence-corrected chi connectivity index (χ1v) is 14.9. The minimum atomic E-state index is -3.55. The smallest absolute Gasteiger partial charge is 0.410 e. The number of anilines is 2. The number of aryl methyl sites for hydroxylation is 1. The number of amides is 2. The standard InChI is InChI=1S/C27H31ClFN5O6S/c1-27(2,3)40-26(36)34-7-6-20(15-34)39-21-12-22(29)24(30-13-21)23-8-16(14-33(23)4)25(35)31-18-9-17(28)10-19(11-18)32-41(5,37)38/h8-14,20,32H,6-7,15H2,1-5H3,(H,31,35)/t20-/m0/s1. The Morgan fingerprint density at radius 1 is 1.15 bits per heavy atom. The second kappa shape index (κ2) is 11.6. The van der Waals surface area contributed by atoms with Crippen molar-refractivity contribution >= 4 is 45.0 Å². The predicted octanol–water partition coefficient (Wildman–Crippen LogP) is 4.89. The SMILES string of the molecule is Cn1cc(C(=O)Nc2cc(Cl)cc(NS(C)(=O)=O)c2)cc1-c1ncc(O[C@H]2CCN(C(=O)OC(C)(C)C)C2)cc1F. The zero-order chi connectivity index (χ0) is 30.1. The molecule has 220 valence electrons. The number of sulfonamides is 1. The lowest BCUT2D eigenvalue weighted by molar-refractivity contribution is 0.0275. The number of ether oxygens (including phenoxy) is 2. The number of benzene rings is 1. The van der Waals surface area contributed by atoms with Crippen LogP contribution in [-0.4, -0.2) is 65.9 Å². The van der Waals surface area contributed by atoms with E-state index in [4.69, 9.17) is 21.1 Å². The van der Waals surface area contributed by atoms with Gasteiger partial charge >= 0.3 is 6.09 Å². The van der Waals surface area contributed by atoms with Gasteiger partial charge < -0.3 is 24.3 Å². The molecule has 0 spiro atoms. The number of halogens is 2. The third-order valence-electron chi connectivity index (χ3n) is 5.88. The number of carbonyl (C=O) groups excluding carboxylic acids is 2. The fourth-order valence-electron chi connectivity index (χ4n) is 4.24. The van der Waals surface area contributed by atoms with E-state index in [-0.39, 0.29) is 39.5 Å². The third kappa shape index (κ3) is 8.10. The summed E-state index contributed by atoms with van der Waals surface area (Å²) >= 11 is 6.07. The summed E-state index contributed by atoms with van der Waals surface area (Å²) in [6, 6.07) is 6.99. The van der Waals surface area contributed by atoms with E-state index in [0.717, 1.165) is 6.26 Å². The van der Waals surface area contributed by atoms with Crippen molar-refractivity contribution in [3.8, 4) is 17.1 Å². The molecule has 14 heteroatoms. The van der Waals surface area contributed by atoms with Crippen molar-refractivity contribution in [3.63, 3.8) is 0 Å². The minimum absolute atomic E-state index is 0.0168. The van der Waals surface area contributed by atoms with Crippen molar-refractivity contribution in [1.82, 2.24) is 14.5 Å². The van der Waals surface area contributed by atoms with Crippen LogP contribution in [0.3, 0.4) is 0 Å². The van der Waals surface area contributed by atoms with E-state index >= 15 is 4.39 Å². The minimum Gasteiger partial charge on any atom is -0.487 e. The summed E-state index contributed by atoms with van der Waals surface area (Å²) in [5, 5.41) is 2.88. The summed E-state index contributed by atoms with van der Waals surface area (Å²) in [6.45, 7) is 6.16. The maximum Gasteiger partial charge on any atom is 0.410 e. The van der Waals surface area contributed by atoms with Gasteiger partial charge in [0.15, 0.2) is 5.82 Å². The molecule has 4 rings (SSSR count). The zero-order valence-electron chi connectivity index (χ0n) is 23.2. The number of nitrogens with zero attached hydrogens (tertiary/aromatic N) is 3. The van der Waals surface area contributed by atoms with Crippen molar-refractivity contribution in [1.29, 1.82) is 0 Å². The molecule has 0 saturated carbocycles. The normalized spacial score (nSPS) is 15.5. The van der Waals surface area contributed by atoms with E-state index in [1.54, 1.807) is 37.3 Å². The predicted molar refractivity (Wildman–Crippen MR) is 153 cm³/mol. The molecule has 2 aromatic heterocycles. The second-order valence-electron chi connectivity index (χ2n) is 10.7. The summed E-state index contributed by atoms with van der Waals surface area (Å²) in [5.41, 5.74) is 0.432. The van der Waals surface area contributed by atoms with Crippen LogP contribution in [-0.2, 0) is 21.8 Å². The Hall–Kier alpha value is -3.84. The van der Waals surface area contributed by atoms with Gasteiger partial charge in [-0.25, -0.2) is 22.6 Å². The molecule has 1 aliphatic heterocycles. The van der Waals surface area contributed by atoms with Crippen LogP contribution in [0.2, 0.25) is 5.02 Å². The lowest BCUT2D eigenvalue weighted by Crippen LogP contribution is -2.36. The Morgan fingerprint density at radius 3 is 2.51 bits per heavy atom. The zero-order valence-corrected chi connectivity index (χ0v) is 24.8. The molecule has 2 amide bonds. The molecule has 0 unspecified atom stereocenters. The Balaban J connectivity index is 1.44. The molecule has 1 atom stereocenters. The number of aromatic nitrogens is 2. The first kappa shape index (κ1) is 30.1. The largest absolute Gasteiger partial charge is 0.487 e. The highest BCUT2D eigenvalue weighted by Gasteiger charge is 2.31. The van der Waals surface area contributed by atoms with Crippen LogP contribution in [0.25, 0.3) is 11.4 Å². The highest BCUT2D eigenvalue weighted by Crippen LogP contribution is 2.28. The topological polar surface area (TPSA) is 132 Å². The molecule has 1 fully saturated rings. The van der Waals surface area contributed by atoms with Crippen molar-refractivity contribution in [2.45, 2.75) is 38.9 Å². The number of rotatable bonds is 7. The fraction of sp³-hybridized carbons (Fsp3) is 0.370. The number of hydrogen-bond acceptors (Lipinski definition) is 7. The molecule has 1 aromatic carbocycles. The number of nitrogens with one attached hydrogen (secondary N) is 2. The van der Waals surface area contributed by atoms with Gasteiger partial charge in [-0.15, -0.1) is 0 Å². The van der Waals surface area contributed by atoms with Gasteiger partial charge in [-0.2, -0.15) is 0 Å². The van der Waals surface area contributed by atoms with Crippen LogP contribution in [0.15, 0.2) is 42.7 Å². The first-order valence-electron chi connectivity index (χ1n) is 12.6. The average Bonchev–Trinajstić information content (AvgIpc) is 3.43. The van der Waals surface area contributed by atoms with Crippen molar-refractivity contribution in [3.05, 3.63) is 59.1 Å². The van der Waals surface area contributed by atoms with Crippen LogP contribution in [0.4, 0.5) is 20.6 Å². The molecule has 0 radical (unpaired) electrons. The van der Waals surface area contributed by atoms with Gasteiger partial charge in [0.05, 0.1) is 35.9 Å². The van der Waals surface area contributed by atoms with Gasteiger partial charge in [0.2, 0.25) is 10.0 Å². The molecule has 11 nitrogen and oxygen atoms in total. The molecule has 3 heterocycles. The van der Waals surface area contributed by atoms with Crippen molar-refractivity contribution in [2.24, 2.45) is 7.05 Å². The molecule has 0 aliphatic carbocycles. The van der Waals surface area contributed by atoms with Crippen molar-refractivity contribution in [2.75, 3.05) is 29.4 Å². The lowest BCUT2D eigenvalue weighted by atomic mass is 10.2. The van der Waals surface area contributed by atoms with Gasteiger partial charge in [0.1, 0.15) is 23.1 Å². The van der Waals surface area contributed by atoms with Crippen LogP contribution >= 0.6 is 11.6 Å². The highest BCUT2D eigenvalue weighted by molar-refractivity contribution is 7.92. The number of carbonyl (C=O) groups is 2. The van der Waals surface area contributed by atoms with E-state index in [0.29, 0.717) is 25.2 Å². The maximum absolute atomic E-state index is 15.2. The molecule has 41 heavy (non-hydrogen) atoms. The van der Waals surface area contributed by atoms with Crippen LogP contribution in [0, 0.1) is 5.82 Å². The Morgan fingerprint density at radius 2 is 1.85 bits per heavy atom. The van der Waals surface area contributed by atoms with E-state index in [9.17, 15) is 18.0 Å². The number of hydrogen-bond donors (Lipinski definition) is 2. The quantitative estimate of drug-likeness (QED) is 0.391. The monoisotopic (exact) mass is 607 g/mol. The van der Waals surface area contributed by atoms with Gasteiger partial charge in [0, 0.05) is 43.0 Å². The second-order valence-corrected chi connectivity index (χ2v) is 12.9. The Labute approximate surface area is 242 Å². The van der Waals surface area contributed by atoms with Gasteiger partial charge in [0.25, 0.3) is 5.91 Å².